The molecule has 0 radical (unpaired) electrons. The summed E-state index contributed by atoms with van der Waals surface area (Å²) in [6.07, 6.45) is -1.15. The number of alkyl halides is 3. The Hall–Kier alpha value is -3.42. The van der Waals surface area contributed by atoms with Gasteiger partial charge >= 0.3 is 6.18 Å². The summed E-state index contributed by atoms with van der Waals surface area (Å²) in [6, 6.07) is 12.2. The van der Waals surface area contributed by atoms with Gasteiger partial charge in [-0.1, -0.05) is 6.07 Å². The highest BCUT2D eigenvalue weighted by molar-refractivity contribution is 5.80. The zero-order valence-corrected chi connectivity index (χ0v) is 13.2. The van der Waals surface area contributed by atoms with Crippen molar-refractivity contribution in [2.24, 2.45) is 0 Å². The van der Waals surface area contributed by atoms with Crippen molar-refractivity contribution in [3.63, 3.8) is 0 Å². The summed E-state index contributed by atoms with van der Waals surface area (Å²) in [5.41, 5.74) is 3.07. The van der Waals surface area contributed by atoms with E-state index in [0.717, 1.165) is 28.7 Å². The van der Waals surface area contributed by atoms with Crippen molar-refractivity contribution < 1.29 is 13.2 Å². The Kier molecular flexibility index (Phi) is 3.80. The van der Waals surface area contributed by atoms with E-state index in [2.05, 4.69) is 25.3 Å². The third kappa shape index (κ3) is 3.21. The summed E-state index contributed by atoms with van der Waals surface area (Å²) in [5, 5.41) is 2.92. The maximum absolute atomic E-state index is 12.6. The number of aromatic amines is 1. The van der Waals surface area contributed by atoms with E-state index in [1.807, 2.05) is 18.2 Å². The summed E-state index contributed by atoms with van der Waals surface area (Å²) < 4.78 is 37.9. The number of imidazole rings is 1. The quantitative estimate of drug-likeness (QED) is 0.555. The van der Waals surface area contributed by atoms with E-state index in [1.165, 1.54) is 12.1 Å². The average Bonchev–Trinajstić information content (AvgIpc) is 3.09. The van der Waals surface area contributed by atoms with Crippen LogP contribution >= 0.6 is 0 Å². The minimum Gasteiger partial charge on any atom is -0.345 e. The van der Waals surface area contributed by atoms with Gasteiger partial charge in [-0.15, -0.1) is 0 Å². The fraction of sp³-hybridized carbons (Fsp3) is 0.0556. The Morgan fingerprint density at radius 3 is 2.50 bits per heavy atom. The Labute approximate surface area is 146 Å². The van der Waals surface area contributed by atoms with Gasteiger partial charge in [0, 0.05) is 17.4 Å². The maximum Gasteiger partial charge on any atom is 0.416 e. The number of hydrogen-bond donors (Lipinski definition) is 2. The first-order chi connectivity index (χ1) is 12.5. The number of H-pyrrole nitrogens is 1. The van der Waals surface area contributed by atoms with Crippen molar-refractivity contribution in [1.29, 1.82) is 0 Å². The lowest BCUT2D eigenvalue weighted by Gasteiger charge is -2.09. The molecule has 0 amide bonds. The molecule has 0 bridgehead atoms. The molecule has 26 heavy (non-hydrogen) atoms. The molecule has 130 valence electrons. The number of hydrogen-bond acceptors (Lipinski definition) is 4. The average molecular weight is 355 g/mol. The molecule has 2 N–H and O–H groups in total. The molecular formula is C18H12F3N5. The SMILES string of the molecule is FC(F)(F)c1ccc(Nc2nccc(-c3ccc4nc[nH]c4c3)n2)cc1. The van der Waals surface area contributed by atoms with E-state index >= 15 is 0 Å². The molecule has 0 aliphatic heterocycles. The van der Waals surface area contributed by atoms with Gasteiger partial charge in [-0.25, -0.2) is 15.0 Å². The molecule has 4 rings (SSSR count). The molecule has 4 aromatic rings. The molecule has 2 heterocycles. The number of nitrogens with one attached hydrogen (secondary N) is 2. The van der Waals surface area contributed by atoms with Gasteiger partial charge in [-0.3, -0.25) is 0 Å². The first-order valence-corrected chi connectivity index (χ1v) is 7.70. The molecular weight excluding hydrogens is 343 g/mol. The Balaban J connectivity index is 1.59. The molecule has 8 heteroatoms. The lowest BCUT2D eigenvalue weighted by atomic mass is 10.1. The number of anilines is 2. The van der Waals surface area contributed by atoms with Crippen LogP contribution in [0.3, 0.4) is 0 Å². The molecule has 2 aromatic heterocycles. The number of benzene rings is 2. The van der Waals surface area contributed by atoms with E-state index in [1.54, 1.807) is 18.6 Å². The predicted molar refractivity (Wildman–Crippen MR) is 91.8 cm³/mol. The van der Waals surface area contributed by atoms with Crippen molar-refractivity contribution in [3.05, 3.63) is 66.6 Å². The highest BCUT2D eigenvalue weighted by Crippen LogP contribution is 2.30. The summed E-state index contributed by atoms with van der Waals surface area (Å²) in [5.74, 6) is 0.298. The van der Waals surface area contributed by atoms with Gasteiger partial charge in [0.1, 0.15) is 0 Å². The third-order valence-electron chi connectivity index (χ3n) is 3.84. The fourth-order valence-corrected chi connectivity index (χ4v) is 2.55. The zero-order valence-electron chi connectivity index (χ0n) is 13.2. The van der Waals surface area contributed by atoms with Crippen molar-refractivity contribution in [1.82, 2.24) is 19.9 Å². The smallest absolute Gasteiger partial charge is 0.345 e. The van der Waals surface area contributed by atoms with Crippen LogP contribution in [0.15, 0.2) is 61.1 Å². The molecule has 0 unspecified atom stereocenters. The zero-order chi connectivity index (χ0) is 18.1. The number of fused-ring (bicyclic) bond motifs is 1. The second-order valence-corrected chi connectivity index (χ2v) is 5.60. The fourth-order valence-electron chi connectivity index (χ4n) is 2.55. The van der Waals surface area contributed by atoms with Crippen LogP contribution in [0.2, 0.25) is 0 Å². The first kappa shape index (κ1) is 16.1. The van der Waals surface area contributed by atoms with Crippen LogP contribution in [0.1, 0.15) is 5.56 Å². The van der Waals surface area contributed by atoms with E-state index < -0.39 is 11.7 Å². The predicted octanol–water partition coefficient (Wildman–Crippen LogP) is 4.78. The van der Waals surface area contributed by atoms with Gasteiger partial charge in [0.2, 0.25) is 5.95 Å². The van der Waals surface area contributed by atoms with E-state index in [9.17, 15) is 13.2 Å². The molecule has 0 aliphatic carbocycles. The Morgan fingerprint density at radius 1 is 0.923 bits per heavy atom. The molecule has 0 atom stereocenters. The molecule has 0 spiro atoms. The molecule has 0 saturated carbocycles. The van der Waals surface area contributed by atoms with Gasteiger partial charge in [-0.2, -0.15) is 13.2 Å². The number of rotatable bonds is 3. The van der Waals surface area contributed by atoms with Gasteiger partial charge in [-0.05, 0) is 42.5 Å². The summed E-state index contributed by atoms with van der Waals surface area (Å²) >= 11 is 0. The van der Waals surface area contributed by atoms with Crippen LogP contribution in [-0.2, 0) is 6.18 Å². The number of nitrogens with zero attached hydrogens (tertiary/aromatic N) is 3. The molecule has 0 fully saturated rings. The normalized spacial score (nSPS) is 11.7. The lowest BCUT2D eigenvalue weighted by molar-refractivity contribution is -0.137. The Bertz CT molecular complexity index is 1050. The standard InChI is InChI=1S/C18H12F3N5/c19-18(20,21)12-2-4-13(5-3-12)25-17-22-8-7-14(26-17)11-1-6-15-16(9-11)24-10-23-15/h1-10H,(H,23,24)(H,22,25,26). The van der Waals surface area contributed by atoms with E-state index in [0.29, 0.717) is 17.3 Å². The van der Waals surface area contributed by atoms with Gasteiger partial charge in [0.15, 0.2) is 0 Å². The number of halogens is 3. The van der Waals surface area contributed by atoms with E-state index in [-0.39, 0.29) is 0 Å². The Morgan fingerprint density at radius 2 is 1.73 bits per heavy atom. The summed E-state index contributed by atoms with van der Waals surface area (Å²) in [6.45, 7) is 0. The molecule has 0 aliphatic rings. The van der Waals surface area contributed by atoms with Crippen LogP contribution in [0.4, 0.5) is 24.8 Å². The largest absolute Gasteiger partial charge is 0.416 e. The van der Waals surface area contributed by atoms with Crippen LogP contribution in [-0.4, -0.2) is 19.9 Å². The lowest BCUT2D eigenvalue weighted by Crippen LogP contribution is -2.04. The minimum atomic E-state index is -4.36. The highest BCUT2D eigenvalue weighted by Gasteiger charge is 2.29. The monoisotopic (exact) mass is 355 g/mol. The number of aromatic nitrogens is 4. The third-order valence-corrected chi connectivity index (χ3v) is 3.84. The maximum atomic E-state index is 12.6. The molecule has 0 saturated heterocycles. The van der Waals surface area contributed by atoms with Crippen molar-refractivity contribution in [3.8, 4) is 11.3 Å². The minimum absolute atomic E-state index is 0.298. The molecule has 2 aromatic carbocycles. The van der Waals surface area contributed by atoms with Gasteiger partial charge < -0.3 is 10.3 Å². The van der Waals surface area contributed by atoms with Crippen LogP contribution in [0, 0.1) is 0 Å². The second kappa shape index (κ2) is 6.14. The van der Waals surface area contributed by atoms with Crippen molar-refractivity contribution in [2.75, 3.05) is 5.32 Å². The van der Waals surface area contributed by atoms with Gasteiger partial charge in [0.05, 0.1) is 28.6 Å². The second-order valence-electron chi connectivity index (χ2n) is 5.60. The van der Waals surface area contributed by atoms with Crippen LogP contribution < -0.4 is 5.32 Å². The van der Waals surface area contributed by atoms with Crippen molar-refractivity contribution in [2.45, 2.75) is 6.18 Å². The first-order valence-electron chi connectivity index (χ1n) is 7.70. The van der Waals surface area contributed by atoms with Gasteiger partial charge in [0.25, 0.3) is 0 Å². The topological polar surface area (TPSA) is 66.5 Å². The summed E-state index contributed by atoms with van der Waals surface area (Å²) in [4.78, 5) is 15.8. The van der Waals surface area contributed by atoms with Crippen molar-refractivity contribution >= 4 is 22.7 Å². The highest BCUT2D eigenvalue weighted by atomic mass is 19.4. The van der Waals surface area contributed by atoms with Crippen LogP contribution in [0.25, 0.3) is 22.3 Å². The summed E-state index contributed by atoms with van der Waals surface area (Å²) in [7, 11) is 0. The molecule has 5 nitrogen and oxygen atoms in total. The van der Waals surface area contributed by atoms with Crippen LogP contribution in [0.5, 0.6) is 0 Å². The van der Waals surface area contributed by atoms with E-state index in [4.69, 9.17) is 0 Å².